The second kappa shape index (κ2) is 11.0. The van der Waals surface area contributed by atoms with Gasteiger partial charge in [0.25, 0.3) is 11.8 Å². The van der Waals surface area contributed by atoms with Crippen LogP contribution in [-0.4, -0.2) is 65.0 Å². The Morgan fingerprint density at radius 3 is 2.43 bits per heavy atom. The van der Waals surface area contributed by atoms with Gasteiger partial charge in [0, 0.05) is 31.0 Å². The van der Waals surface area contributed by atoms with Crippen molar-refractivity contribution in [3.05, 3.63) is 65.6 Å². The van der Waals surface area contributed by atoms with E-state index in [4.69, 9.17) is 15.2 Å². The molecular formula is C27H32N6O4. The fourth-order valence-corrected chi connectivity index (χ4v) is 4.94. The Morgan fingerprint density at radius 2 is 1.73 bits per heavy atom. The molecule has 10 nitrogen and oxygen atoms in total. The minimum absolute atomic E-state index is 0.0437. The van der Waals surface area contributed by atoms with Gasteiger partial charge >= 0.3 is 0 Å². The molecule has 2 aromatic heterocycles. The smallest absolute Gasteiger partial charge is 0.254 e. The Balaban J connectivity index is 1.16. The summed E-state index contributed by atoms with van der Waals surface area (Å²) in [6, 6.07) is 11.5. The van der Waals surface area contributed by atoms with Crippen molar-refractivity contribution >= 4 is 17.5 Å². The summed E-state index contributed by atoms with van der Waals surface area (Å²) in [5.74, 6) is -0.421. The van der Waals surface area contributed by atoms with Crippen LogP contribution in [0, 0.1) is 6.92 Å². The molecule has 1 saturated heterocycles. The van der Waals surface area contributed by atoms with E-state index in [0.717, 1.165) is 69.1 Å². The molecule has 3 aromatic rings. The van der Waals surface area contributed by atoms with Gasteiger partial charge in [0.2, 0.25) is 5.88 Å². The van der Waals surface area contributed by atoms with Gasteiger partial charge in [-0.05, 0) is 69.0 Å². The zero-order valence-electron chi connectivity index (χ0n) is 20.9. The summed E-state index contributed by atoms with van der Waals surface area (Å²) >= 11 is 0. The predicted octanol–water partition coefficient (Wildman–Crippen LogP) is 2.63. The van der Waals surface area contributed by atoms with Gasteiger partial charge in [-0.2, -0.15) is 5.10 Å². The zero-order chi connectivity index (χ0) is 25.8. The number of rotatable bonds is 7. The summed E-state index contributed by atoms with van der Waals surface area (Å²) in [7, 11) is 0. The first-order chi connectivity index (χ1) is 18.0. The number of anilines is 1. The Kier molecular flexibility index (Phi) is 7.36. The number of amides is 2. The number of hydrogen-bond donors (Lipinski definition) is 2. The highest BCUT2D eigenvalue weighted by Crippen LogP contribution is 2.26. The van der Waals surface area contributed by atoms with Crippen LogP contribution in [0.5, 0.6) is 5.88 Å². The molecule has 2 amide bonds. The van der Waals surface area contributed by atoms with Gasteiger partial charge in [-0.25, -0.2) is 9.67 Å². The maximum absolute atomic E-state index is 13.1. The molecule has 0 bridgehead atoms. The van der Waals surface area contributed by atoms with Gasteiger partial charge in [0.05, 0.1) is 36.4 Å². The van der Waals surface area contributed by atoms with E-state index >= 15 is 0 Å². The summed E-state index contributed by atoms with van der Waals surface area (Å²) in [6.07, 6.45) is 6.15. The fourth-order valence-electron chi connectivity index (χ4n) is 4.94. The van der Waals surface area contributed by atoms with Crippen LogP contribution in [0.2, 0.25) is 0 Å². The molecule has 37 heavy (non-hydrogen) atoms. The molecule has 10 heteroatoms. The van der Waals surface area contributed by atoms with Gasteiger partial charge in [-0.3, -0.25) is 9.59 Å². The van der Waals surface area contributed by atoms with Crippen molar-refractivity contribution in [1.29, 1.82) is 0 Å². The first-order valence-electron chi connectivity index (χ1n) is 12.7. The molecule has 2 fully saturated rings. The number of carbonyl (C=O) groups is 2. The van der Waals surface area contributed by atoms with Gasteiger partial charge in [-0.1, -0.05) is 0 Å². The van der Waals surface area contributed by atoms with Crippen LogP contribution in [0.1, 0.15) is 52.1 Å². The average Bonchev–Trinajstić information content (AvgIpc) is 3.32. The summed E-state index contributed by atoms with van der Waals surface area (Å²) in [4.78, 5) is 31.1. The monoisotopic (exact) mass is 504 g/mol. The maximum atomic E-state index is 13.1. The van der Waals surface area contributed by atoms with E-state index < -0.39 is 5.91 Å². The Labute approximate surface area is 215 Å². The van der Waals surface area contributed by atoms with E-state index in [0.29, 0.717) is 5.56 Å². The average molecular weight is 505 g/mol. The molecular weight excluding hydrogens is 472 g/mol. The number of pyridine rings is 1. The highest BCUT2D eigenvalue weighted by Gasteiger charge is 2.26. The van der Waals surface area contributed by atoms with Crippen molar-refractivity contribution in [2.75, 3.05) is 31.2 Å². The molecule has 0 radical (unpaired) electrons. The van der Waals surface area contributed by atoms with Crippen molar-refractivity contribution in [1.82, 2.24) is 20.1 Å². The summed E-state index contributed by atoms with van der Waals surface area (Å²) < 4.78 is 13.2. The third kappa shape index (κ3) is 5.59. The van der Waals surface area contributed by atoms with Gasteiger partial charge in [0.15, 0.2) is 0 Å². The van der Waals surface area contributed by atoms with Crippen molar-refractivity contribution in [3.8, 4) is 11.6 Å². The van der Waals surface area contributed by atoms with Crippen LogP contribution in [0.15, 0.2) is 48.8 Å². The maximum Gasteiger partial charge on any atom is 0.254 e. The molecule has 0 atom stereocenters. The number of aromatic nitrogens is 3. The van der Waals surface area contributed by atoms with Crippen molar-refractivity contribution in [2.45, 2.75) is 44.8 Å². The molecule has 0 unspecified atom stereocenters. The quantitative estimate of drug-likeness (QED) is 0.507. The highest BCUT2D eigenvalue weighted by atomic mass is 16.5. The van der Waals surface area contributed by atoms with Crippen LogP contribution in [0.4, 0.5) is 5.69 Å². The third-order valence-electron chi connectivity index (χ3n) is 7.05. The second-order valence-electron chi connectivity index (χ2n) is 9.46. The minimum atomic E-state index is -0.562. The van der Waals surface area contributed by atoms with Gasteiger partial charge in [-0.15, -0.1) is 0 Å². The molecule has 2 aliphatic rings. The number of ether oxygens (including phenoxy) is 2. The number of nitrogens with zero attached hydrogens (tertiary/aromatic N) is 4. The zero-order valence-corrected chi connectivity index (χ0v) is 20.9. The van der Waals surface area contributed by atoms with Crippen LogP contribution in [0.3, 0.4) is 0 Å². The van der Waals surface area contributed by atoms with Gasteiger partial charge < -0.3 is 25.4 Å². The van der Waals surface area contributed by atoms with Crippen LogP contribution < -0.4 is 20.7 Å². The second-order valence-corrected chi connectivity index (χ2v) is 9.46. The SMILES string of the molecule is Cc1c(C(=O)N[C@H]2CC[C@H](Oc3ncccc3C(N)=O)CC2)cnn1-c1ccc(N2CCOCC2)cc1. The largest absolute Gasteiger partial charge is 0.474 e. The number of nitrogens with one attached hydrogen (secondary N) is 1. The predicted molar refractivity (Wildman–Crippen MR) is 138 cm³/mol. The minimum Gasteiger partial charge on any atom is -0.474 e. The number of carbonyl (C=O) groups excluding carboxylic acids is 2. The number of benzene rings is 1. The molecule has 1 aliphatic heterocycles. The summed E-state index contributed by atoms with van der Waals surface area (Å²) in [5, 5.41) is 7.63. The molecule has 1 saturated carbocycles. The lowest BCUT2D eigenvalue weighted by Crippen LogP contribution is -2.40. The summed E-state index contributed by atoms with van der Waals surface area (Å²) in [6.45, 7) is 5.17. The van der Waals surface area contributed by atoms with Crippen LogP contribution in [0.25, 0.3) is 5.69 Å². The lowest BCUT2D eigenvalue weighted by atomic mass is 9.92. The van der Waals surface area contributed by atoms with Crippen molar-refractivity contribution in [2.24, 2.45) is 5.73 Å². The van der Waals surface area contributed by atoms with E-state index in [-0.39, 0.29) is 29.5 Å². The number of nitrogens with two attached hydrogens (primary N) is 1. The van der Waals surface area contributed by atoms with Crippen LogP contribution >= 0.6 is 0 Å². The molecule has 1 aliphatic carbocycles. The van der Waals surface area contributed by atoms with E-state index in [1.807, 2.05) is 19.1 Å². The normalized spacial score (nSPS) is 19.9. The van der Waals surface area contributed by atoms with Crippen molar-refractivity contribution < 1.29 is 19.1 Å². The van der Waals surface area contributed by atoms with Gasteiger partial charge in [0.1, 0.15) is 11.7 Å². The molecule has 0 spiro atoms. The standard InChI is InChI=1S/C27H32N6O4/c1-18-24(17-30-33(18)21-8-6-20(7-9-21)32-13-15-36-16-14-32)26(35)31-19-4-10-22(11-5-19)37-27-23(25(28)34)3-2-12-29-27/h2-3,6-9,12,17,19,22H,4-5,10-11,13-16H2,1H3,(H2,28,34)(H,31,35)/t19-,22-. The Hall–Kier alpha value is -3.92. The Morgan fingerprint density at radius 1 is 1.03 bits per heavy atom. The lowest BCUT2D eigenvalue weighted by molar-refractivity contribution is 0.0880. The number of hydrogen-bond acceptors (Lipinski definition) is 7. The summed E-state index contributed by atoms with van der Waals surface area (Å²) in [5.41, 5.74) is 9.13. The van der Waals surface area contributed by atoms with E-state index in [2.05, 4.69) is 32.4 Å². The first kappa shape index (κ1) is 24.8. The molecule has 3 N–H and O–H groups in total. The molecule has 3 heterocycles. The molecule has 194 valence electrons. The molecule has 5 rings (SSSR count). The number of primary amides is 1. The lowest BCUT2D eigenvalue weighted by Gasteiger charge is -2.29. The van der Waals surface area contributed by atoms with E-state index in [1.165, 1.54) is 0 Å². The third-order valence-corrected chi connectivity index (χ3v) is 7.05. The molecule has 1 aromatic carbocycles. The topological polar surface area (TPSA) is 125 Å². The number of morpholine rings is 1. The van der Waals surface area contributed by atoms with E-state index in [9.17, 15) is 9.59 Å². The van der Waals surface area contributed by atoms with E-state index in [1.54, 1.807) is 29.2 Å². The highest BCUT2D eigenvalue weighted by molar-refractivity contribution is 5.95. The van der Waals surface area contributed by atoms with Crippen molar-refractivity contribution in [3.63, 3.8) is 0 Å². The Bertz CT molecular complexity index is 1240. The fraction of sp³-hybridized carbons (Fsp3) is 0.407. The van der Waals surface area contributed by atoms with Crippen LogP contribution in [-0.2, 0) is 4.74 Å². The first-order valence-corrected chi connectivity index (χ1v) is 12.7.